The zero-order valence-electron chi connectivity index (χ0n) is 12.4. The Bertz CT molecular complexity index is 900. The molecule has 0 bridgehead atoms. The van der Waals surface area contributed by atoms with Gasteiger partial charge in [0.05, 0.1) is 5.69 Å². The molecule has 5 nitrogen and oxygen atoms in total. The maximum atomic E-state index is 11.9. The van der Waals surface area contributed by atoms with Gasteiger partial charge in [0.25, 0.3) is 0 Å². The first-order valence-corrected chi connectivity index (χ1v) is 8.92. The quantitative estimate of drug-likeness (QED) is 0.710. The number of carbonyl (C=O) groups excluding carboxylic acids is 1. The van der Waals surface area contributed by atoms with Crippen molar-refractivity contribution in [2.24, 2.45) is 0 Å². The zero-order chi connectivity index (χ0) is 16.4. The first-order chi connectivity index (χ1) is 11.8. The van der Waals surface area contributed by atoms with Crippen LogP contribution in [0.2, 0.25) is 0 Å². The molecule has 0 saturated heterocycles. The van der Waals surface area contributed by atoms with Gasteiger partial charge in [-0.25, -0.2) is 4.98 Å². The number of fused-ring (bicyclic) bond motifs is 1. The van der Waals surface area contributed by atoms with Crippen LogP contribution in [-0.2, 0) is 4.79 Å². The summed E-state index contributed by atoms with van der Waals surface area (Å²) >= 11 is 2.96. The summed E-state index contributed by atoms with van der Waals surface area (Å²) in [5.74, 6) is 1.25. The number of aromatic nitrogens is 1. The van der Waals surface area contributed by atoms with Gasteiger partial charge in [0.1, 0.15) is 0 Å². The molecule has 0 saturated carbocycles. The summed E-state index contributed by atoms with van der Waals surface area (Å²) in [6, 6.07) is 9.57. The minimum atomic E-state index is -0.199. The summed E-state index contributed by atoms with van der Waals surface area (Å²) in [6.07, 6.45) is 3.29. The molecule has 0 spiro atoms. The number of amides is 1. The normalized spacial score (nSPS) is 12.7. The van der Waals surface area contributed by atoms with Crippen LogP contribution in [0.15, 0.2) is 47.2 Å². The fraction of sp³-hybridized carbons (Fsp3) is 0.0588. The molecule has 24 heavy (non-hydrogen) atoms. The lowest BCUT2D eigenvalue weighted by atomic mass is 10.1. The van der Waals surface area contributed by atoms with E-state index < -0.39 is 0 Å². The lowest BCUT2D eigenvalue weighted by Crippen LogP contribution is -2.07. The summed E-state index contributed by atoms with van der Waals surface area (Å²) in [6.45, 7) is 0.244. The van der Waals surface area contributed by atoms with E-state index in [1.807, 2.05) is 41.1 Å². The van der Waals surface area contributed by atoms with E-state index in [4.69, 9.17) is 9.47 Å². The van der Waals surface area contributed by atoms with Crippen molar-refractivity contribution < 1.29 is 14.3 Å². The van der Waals surface area contributed by atoms with E-state index in [2.05, 4.69) is 10.3 Å². The van der Waals surface area contributed by atoms with Crippen molar-refractivity contribution in [1.82, 2.24) is 4.98 Å². The number of thiophene rings is 1. The second kappa shape index (κ2) is 6.46. The molecular formula is C17H12N2O3S2. The lowest BCUT2D eigenvalue weighted by molar-refractivity contribution is -0.111. The molecule has 1 N–H and O–H groups in total. The van der Waals surface area contributed by atoms with Gasteiger partial charge in [-0.2, -0.15) is 0 Å². The third kappa shape index (κ3) is 3.17. The highest BCUT2D eigenvalue weighted by molar-refractivity contribution is 7.14. The van der Waals surface area contributed by atoms with Crippen LogP contribution in [0.1, 0.15) is 4.88 Å². The number of benzene rings is 1. The second-order valence-electron chi connectivity index (χ2n) is 4.94. The van der Waals surface area contributed by atoms with Crippen LogP contribution < -0.4 is 14.8 Å². The van der Waals surface area contributed by atoms with Crippen LogP contribution in [0.3, 0.4) is 0 Å². The van der Waals surface area contributed by atoms with E-state index in [1.165, 1.54) is 17.4 Å². The molecule has 120 valence electrons. The minimum Gasteiger partial charge on any atom is -0.454 e. The number of hydrogen-bond donors (Lipinski definition) is 1. The Kier molecular flexibility index (Phi) is 4.02. The average Bonchev–Trinajstić information content (AvgIpc) is 3.33. The molecule has 0 unspecified atom stereocenters. The first kappa shape index (κ1) is 14.9. The molecule has 1 amide bonds. The average molecular weight is 356 g/mol. The molecule has 1 aliphatic heterocycles. The van der Waals surface area contributed by atoms with E-state index in [0.717, 1.165) is 21.9 Å². The van der Waals surface area contributed by atoms with Gasteiger partial charge in [0.15, 0.2) is 16.6 Å². The van der Waals surface area contributed by atoms with Gasteiger partial charge in [-0.1, -0.05) is 6.07 Å². The van der Waals surface area contributed by atoms with Crippen LogP contribution in [0.4, 0.5) is 5.13 Å². The molecule has 3 aromatic rings. The van der Waals surface area contributed by atoms with E-state index in [-0.39, 0.29) is 12.7 Å². The summed E-state index contributed by atoms with van der Waals surface area (Å²) in [5.41, 5.74) is 1.71. The van der Waals surface area contributed by atoms with Crippen LogP contribution in [-0.4, -0.2) is 17.7 Å². The predicted octanol–water partition coefficient (Wildman–Crippen LogP) is 4.25. The monoisotopic (exact) mass is 356 g/mol. The van der Waals surface area contributed by atoms with E-state index >= 15 is 0 Å². The minimum absolute atomic E-state index is 0.199. The number of nitrogens with one attached hydrogen (secondary N) is 1. The molecule has 0 atom stereocenters. The molecule has 4 rings (SSSR count). The maximum absolute atomic E-state index is 11.9. The maximum Gasteiger partial charge on any atom is 0.250 e. The Morgan fingerprint density at radius 1 is 1.21 bits per heavy atom. The largest absolute Gasteiger partial charge is 0.454 e. The summed E-state index contributed by atoms with van der Waals surface area (Å²) in [7, 11) is 0. The first-order valence-electron chi connectivity index (χ1n) is 7.16. The van der Waals surface area contributed by atoms with Gasteiger partial charge in [0, 0.05) is 21.9 Å². The van der Waals surface area contributed by atoms with Gasteiger partial charge in [-0.05, 0) is 35.7 Å². The lowest BCUT2D eigenvalue weighted by Gasteiger charge is -1.99. The number of thiazole rings is 1. The molecule has 1 aromatic carbocycles. The molecule has 1 aliphatic rings. The molecule has 0 radical (unpaired) electrons. The molecule has 2 aromatic heterocycles. The fourth-order valence-corrected chi connectivity index (χ4v) is 3.55. The molecule has 0 fully saturated rings. The third-order valence-electron chi connectivity index (χ3n) is 3.34. The fourth-order valence-electron chi connectivity index (χ4n) is 2.21. The van der Waals surface area contributed by atoms with Crippen molar-refractivity contribution >= 4 is 39.8 Å². The number of anilines is 1. The van der Waals surface area contributed by atoms with Crippen LogP contribution in [0.25, 0.3) is 17.3 Å². The van der Waals surface area contributed by atoms with Crippen molar-refractivity contribution in [2.75, 3.05) is 12.1 Å². The Morgan fingerprint density at radius 2 is 2.12 bits per heavy atom. The van der Waals surface area contributed by atoms with Crippen molar-refractivity contribution in [3.05, 3.63) is 52.0 Å². The van der Waals surface area contributed by atoms with Crippen molar-refractivity contribution in [3.63, 3.8) is 0 Å². The van der Waals surface area contributed by atoms with Crippen molar-refractivity contribution in [1.29, 1.82) is 0 Å². The molecule has 7 heteroatoms. The predicted molar refractivity (Wildman–Crippen MR) is 95.7 cm³/mol. The zero-order valence-corrected chi connectivity index (χ0v) is 14.0. The Hall–Kier alpha value is -2.64. The second-order valence-corrected chi connectivity index (χ2v) is 6.78. The summed E-state index contributed by atoms with van der Waals surface area (Å²) < 4.78 is 10.7. The van der Waals surface area contributed by atoms with Gasteiger partial charge in [-0.3, -0.25) is 10.1 Å². The van der Waals surface area contributed by atoms with Crippen LogP contribution in [0, 0.1) is 0 Å². The number of nitrogens with zero attached hydrogens (tertiary/aromatic N) is 1. The number of hydrogen-bond acceptors (Lipinski definition) is 6. The number of ether oxygens (including phenoxy) is 2. The summed E-state index contributed by atoms with van der Waals surface area (Å²) in [4.78, 5) is 17.4. The van der Waals surface area contributed by atoms with Crippen molar-refractivity contribution in [3.8, 4) is 22.8 Å². The van der Waals surface area contributed by atoms with Gasteiger partial charge in [0.2, 0.25) is 12.7 Å². The number of carbonyl (C=O) groups is 1. The third-order valence-corrected chi connectivity index (χ3v) is 4.94. The van der Waals surface area contributed by atoms with Crippen LogP contribution in [0.5, 0.6) is 11.5 Å². The molecule has 3 heterocycles. The van der Waals surface area contributed by atoms with E-state index in [1.54, 1.807) is 17.4 Å². The van der Waals surface area contributed by atoms with Gasteiger partial charge < -0.3 is 9.47 Å². The highest BCUT2D eigenvalue weighted by Gasteiger charge is 2.15. The molecular weight excluding hydrogens is 344 g/mol. The Morgan fingerprint density at radius 3 is 3.00 bits per heavy atom. The highest BCUT2D eigenvalue weighted by Crippen LogP contribution is 2.36. The van der Waals surface area contributed by atoms with Gasteiger partial charge in [-0.15, -0.1) is 22.7 Å². The Labute approximate surface area is 146 Å². The molecule has 0 aliphatic carbocycles. The Balaban J connectivity index is 1.46. The summed E-state index contributed by atoms with van der Waals surface area (Å²) in [5, 5.41) is 7.20. The highest BCUT2D eigenvalue weighted by atomic mass is 32.1. The van der Waals surface area contributed by atoms with E-state index in [9.17, 15) is 4.79 Å². The smallest absolute Gasteiger partial charge is 0.250 e. The van der Waals surface area contributed by atoms with E-state index in [0.29, 0.717) is 10.9 Å². The standard InChI is InChI=1S/C17H12N2O3S2/c20-16(6-4-12-2-1-7-23-12)19-17-18-13(9-24-17)11-3-5-14-15(8-11)22-10-21-14/h1-9H,10H2,(H,18,19,20)/b6-4+. The SMILES string of the molecule is O=C(/C=C/c1cccs1)Nc1nc(-c2ccc3c(c2)OCO3)cs1. The number of rotatable bonds is 4. The van der Waals surface area contributed by atoms with Crippen LogP contribution >= 0.6 is 22.7 Å². The van der Waals surface area contributed by atoms with Crippen molar-refractivity contribution in [2.45, 2.75) is 0 Å². The van der Waals surface area contributed by atoms with Gasteiger partial charge >= 0.3 is 0 Å². The topological polar surface area (TPSA) is 60.5 Å².